The Morgan fingerprint density at radius 1 is 1.41 bits per heavy atom. The predicted octanol–water partition coefficient (Wildman–Crippen LogP) is 2.80. The minimum atomic E-state index is -0.0470. The third-order valence-electron chi connectivity index (χ3n) is 4.60. The zero-order chi connectivity index (χ0) is 15.7. The second-order valence-corrected chi connectivity index (χ2v) is 6.51. The van der Waals surface area contributed by atoms with Gasteiger partial charge in [-0.3, -0.25) is 9.59 Å². The number of carbonyl (C=O) groups is 2. The normalized spacial score (nSPS) is 20.6. The molecule has 2 aliphatic heterocycles. The van der Waals surface area contributed by atoms with Crippen molar-refractivity contribution in [2.75, 3.05) is 19.6 Å². The van der Waals surface area contributed by atoms with Gasteiger partial charge in [-0.15, -0.1) is 0 Å². The van der Waals surface area contributed by atoms with Crippen LogP contribution in [0.2, 0.25) is 5.02 Å². The van der Waals surface area contributed by atoms with Crippen molar-refractivity contribution in [1.29, 1.82) is 0 Å². The van der Waals surface area contributed by atoms with Crippen molar-refractivity contribution in [2.24, 2.45) is 0 Å². The van der Waals surface area contributed by atoms with Crippen LogP contribution in [0.25, 0.3) is 0 Å². The number of benzene rings is 1. The molecule has 0 N–H and O–H groups in total. The molecule has 1 aromatic rings. The van der Waals surface area contributed by atoms with E-state index in [4.69, 9.17) is 11.6 Å². The van der Waals surface area contributed by atoms with E-state index in [2.05, 4.69) is 6.92 Å². The molecule has 0 aliphatic carbocycles. The van der Waals surface area contributed by atoms with Gasteiger partial charge in [0.15, 0.2) is 0 Å². The van der Waals surface area contributed by atoms with E-state index in [9.17, 15) is 9.59 Å². The Labute approximate surface area is 136 Å². The molecule has 1 aromatic carbocycles. The van der Waals surface area contributed by atoms with Gasteiger partial charge in [0.05, 0.1) is 12.6 Å². The zero-order valence-electron chi connectivity index (χ0n) is 12.8. The van der Waals surface area contributed by atoms with E-state index in [1.807, 2.05) is 23.1 Å². The fourth-order valence-corrected chi connectivity index (χ4v) is 3.55. The van der Waals surface area contributed by atoms with Crippen molar-refractivity contribution >= 4 is 23.4 Å². The molecule has 0 radical (unpaired) electrons. The van der Waals surface area contributed by atoms with Gasteiger partial charge in [-0.05, 0) is 36.1 Å². The standard InChI is InChI=1S/C17H21ClN2O2/c1-2-3-4-16(21)19-10-15-14-9-13(18)6-5-12(14)7-8-20(15)17(22)11-19/h5-6,9,15H,2-4,7-8,10-11H2,1H3. The lowest BCUT2D eigenvalue weighted by Gasteiger charge is -2.44. The first kappa shape index (κ1) is 15.3. The number of halogens is 1. The Balaban J connectivity index is 1.85. The van der Waals surface area contributed by atoms with Crippen molar-refractivity contribution in [3.63, 3.8) is 0 Å². The summed E-state index contributed by atoms with van der Waals surface area (Å²) in [4.78, 5) is 28.3. The first-order chi connectivity index (χ1) is 10.6. The summed E-state index contributed by atoms with van der Waals surface area (Å²) >= 11 is 6.13. The highest BCUT2D eigenvalue weighted by Gasteiger charge is 2.38. The van der Waals surface area contributed by atoms with Crippen molar-refractivity contribution in [3.8, 4) is 0 Å². The Morgan fingerprint density at radius 2 is 2.23 bits per heavy atom. The topological polar surface area (TPSA) is 40.6 Å². The summed E-state index contributed by atoms with van der Waals surface area (Å²) in [5.41, 5.74) is 2.33. The molecule has 5 heteroatoms. The van der Waals surface area contributed by atoms with Gasteiger partial charge in [-0.1, -0.05) is 31.0 Å². The summed E-state index contributed by atoms with van der Waals surface area (Å²) in [5.74, 6) is 0.135. The molecule has 0 spiro atoms. The number of nitrogens with zero attached hydrogens (tertiary/aromatic N) is 2. The minimum absolute atomic E-state index is 0.0470. The molecule has 1 fully saturated rings. The molecule has 1 atom stereocenters. The van der Waals surface area contributed by atoms with E-state index in [0.717, 1.165) is 31.4 Å². The van der Waals surface area contributed by atoms with E-state index in [0.29, 0.717) is 18.0 Å². The van der Waals surface area contributed by atoms with Crippen LogP contribution in [0.5, 0.6) is 0 Å². The molecule has 22 heavy (non-hydrogen) atoms. The van der Waals surface area contributed by atoms with Crippen molar-refractivity contribution in [2.45, 2.75) is 38.6 Å². The molecule has 0 bridgehead atoms. The van der Waals surface area contributed by atoms with Crippen LogP contribution in [0.1, 0.15) is 43.4 Å². The third-order valence-corrected chi connectivity index (χ3v) is 4.84. The molecule has 2 amide bonds. The van der Waals surface area contributed by atoms with Gasteiger partial charge in [-0.2, -0.15) is 0 Å². The average molecular weight is 321 g/mol. The number of unbranched alkanes of at least 4 members (excludes halogenated alkanes) is 1. The first-order valence-electron chi connectivity index (χ1n) is 7.95. The van der Waals surface area contributed by atoms with Crippen LogP contribution in [-0.2, 0) is 16.0 Å². The van der Waals surface area contributed by atoms with E-state index in [1.165, 1.54) is 5.56 Å². The SMILES string of the molecule is CCCCC(=O)N1CC(=O)N2CCc3ccc(Cl)cc3C2C1. The van der Waals surface area contributed by atoms with Crippen molar-refractivity contribution < 1.29 is 9.59 Å². The quantitative estimate of drug-likeness (QED) is 0.859. The van der Waals surface area contributed by atoms with Crippen molar-refractivity contribution in [3.05, 3.63) is 34.3 Å². The maximum Gasteiger partial charge on any atom is 0.242 e. The van der Waals surface area contributed by atoms with Crippen LogP contribution in [-0.4, -0.2) is 41.2 Å². The molecular formula is C17H21ClN2O2. The summed E-state index contributed by atoms with van der Waals surface area (Å²) in [6, 6.07) is 5.83. The summed E-state index contributed by atoms with van der Waals surface area (Å²) < 4.78 is 0. The lowest BCUT2D eigenvalue weighted by molar-refractivity contribution is -0.149. The van der Waals surface area contributed by atoms with Crippen molar-refractivity contribution in [1.82, 2.24) is 9.80 Å². The van der Waals surface area contributed by atoms with Gasteiger partial charge in [0.1, 0.15) is 0 Å². The maximum absolute atomic E-state index is 12.4. The smallest absolute Gasteiger partial charge is 0.242 e. The number of hydrogen-bond donors (Lipinski definition) is 0. The van der Waals surface area contributed by atoms with Gasteiger partial charge in [0.2, 0.25) is 11.8 Å². The predicted molar refractivity (Wildman–Crippen MR) is 85.7 cm³/mol. The van der Waals surface area contributed by atoms with Gasteiger partial charge in [0, 0.05) is 24.5 Å². The van der Waals surface area contributed by atoms with E-state index >= 15 is 0 Å². The van der Waals surface area contributed by atoms with E-state index in [-0.39, 0.29) is 24.4 Å². The van der Waals surface area contributed by atoms with Crippen LogP contribution in [0.3, 0.4) is 0 Å². The monoisotopic (exact) mass is 320 g/mol. The molecule has 4 nitrogen and oxygen atoms in total. The summed E-state index contributed by atoms with van der Waals surface area (Å²) in [6.07, 6.45) is 3.25. The molecule has 0 aromatic heterocycles. The number of rotatable bonds is 3. The lowest BCUT2D eigenvalue weighted by Crippen LogP contribution is -2.55. The van der Waals surface area contributed by atoms with Gasteiger partial charge in [-0.25, -0.2) is 0 Å². The zero-order valence-corrected chi connectivity index (χ0v) is 13.6. The molecule has 1 unspecified atom stereocenters. The molecule has 2 heterocycles. The second-order valence-electron chi connectivity index (χ2n) is 6.07. The first-order valence-corrected chi connectivity index (χ1v) is 8.33. The fourth-order valence-electron chi connectivity index (χ4n) is 3.37. The van der Waals surface area contributed by atoms with Gasteiger partial charge >= 0.3 is 0 Å². The van der Waals surface area contributed by atoms with E-state index < -0.39 is 0 Å². The molecule has 0 saturated carbocycles. The Bertz CT molecular complexity index is 602. The summed E-state index contributed by atoms with van der Waals surface area (Å²) in [5, 5.41) is 0.683. The number of carbonyl (C=O) groups excluding carboxylic acids is 2. The fraction of sp³-hybridized carbons (Fsp3) is 0.529. The van der Waals surface area contributed by atoms with Gasteiger partial charge in [0.25, 0.3) is 0 Å². The third kappa shape index (κ3) is 2.84. The highest BCUT2D eigenvalue weighted by atomic mass is 35.5. The Kier molecular flexibility index (Phi) is 4.39. The number of fused-ring (bicyclic) bond motifs is 3. The molecular weight excluding hydrogens is 300 g/mol. The number of amides is 2. The van der Waals surface area contributed by atoms with E-state index in [1.54, 1.807) is 4.90 Å². The highest BCUT2D eigenvalue weighted by molar-refractivity contribution is 6.30. The van der Waals surface area contributed by atoms with Gasteiger partial charge < -0.3 is 9.80 Å². The lowest BCUT2D eigenvalue weighted by atomic mass is 9.90. The van der Waals surface area contributed by atoms with Crippen LogP contribution in [0.4, 0.5) is 0 Å². The summed E-state index contributed by atoms with van der Waals surface area (Å²) in [6.45, 7) is 3.60. The summed E-state index contributed by atoms with van der Waals surface area (Å²) in [7, 11) is 0. The Morgan fingerprint density at radius 3 is 3.00 bits per heavy atom. The highest BCUT2D eigenvalue weighted by Crippen LogP contribution is 2.34. The largest absolute Gasteiger partial charge is 0.332 e. The second kappa shape index (κ2) is 6.29. The molecule has 1 saturated heterocycles. The maximum atomic E-state index is 12.4. The average Bonchev–Trinajstić information content (AvgIpc) is 2.52. The van der Waals surface area contributed by atoms with Crippen LogP contribution in [0.15, 0.2) is 18.2 Å². The molecule has 2 aliphatic rings. The van der Waals surface area contributed by atoms with Crippen LogP contribution >= 0.6 is 11.6 Å². The molecule has 3 rings (SSSR count). The minimum Gasteiger partial charge on any atom is -0.332 e. The van der Waals surface area contributed by atoms with Crippen LogP contribution in [0, 0.1) is 0 Å². The number of piperazine rings is 1. The van der Waals surface area contributed by atoms with Crippen LogP contribution < -0.4 is 0 Å². The number of hydrogen-bond acceptors (Lipinski definition) is 2. The molecule has 118 valence electrons. The Hall–Kier alpha value is -1.55.